The second-order valence-corrected chi connectivity index (χ2v) is 4.88. The van der Waals surface area contributed by atoms with Gasteiger partial charge in [-0.25, -0.2) is 9.78 Å². The molecule has 0 atom stereocenters. The fourth-order valence-corrected chi connectivity index (χ4v) is 2.55. The van der Waals surface area contributed by atoms with E-state index in [0.29, 0.717) is 33.9 Å². The maximum absolute atomic E-state index is 12.0. The molecular weight excluding hydrogens is 270 g/mol. The van der Waals surface area contributed by atoms with Crippen LogP contribution in [0.15, 0.2) is 18.3 Å². The standard InChI is InChI=1S/C15H13N3O3/c1-7-11(17-8(2)12(7)15(20)21)6-10-9-4-3-5-16-13(9)18-14(10)19/h3-6,17H,1-2H3,(H,20,21)(H,16,18,19). The molecule has 3 heterocycles. The Morgan fingerprint density at radius 2 is 2.14 bits per heavy atom. The zero-order valence-electron chi connectivity index (χ0n) is 11.5. The normalized spacial score (nSPS) is 15.1. The van der Waals surface area contributed by atoms with E-state index in [1.54, 1.807) is 38.3 Å². The number of aromatic amines is 1. The van der Waals surface area contributed by atoms with Crippen LogP contribution in [0.5, 0.6) is 0 Å². The first-order valence-corrected chi connectivity index (χ1v) is 6.40. The number of fused-ring (bicyclic) bond motifs is 1. The predicted octanol–water partition coefficient (Wildman–Crippen LogP) is 2.22. The number of carboxylic acids is 1. The van der Waals surface area contributed by atoms with Gasteiger partial charge in [-0.15, -0.1) is 0 Å². The number of nitrogens with zero attached hydrogens (tertiary/aromatic N) is 1. The number of rotatable bonds is 2. The molecule has 2 aromatic rings. The van der Waals surface area contributed by atoms with Crippen LogP contribution in [0.25, 0.3) is 11.6 Å². The number of H-pyrrole nitrogens is 1. The smallest absolute Gasteiger partial charge is 0.337 e. The van der Waals surface area contributed by atoms with Gasteiger partial charge in [0.05, 0.1) is 11.1 Å². The first-order valence-electron chi connectivity index (χ1n) is 6.40. The first kappa shape index (κ1) is 13.1. The molecule has 3 rings (SSSR count). The van der Waals surface area contributed by atoms with E-state index in [4.69, 9.17) is 0 Å². The third kappa shape index (κ3) is 2.01. The number of anilines is 1. The number of carbonyl (C=O) groups excluding carboxylic acids is 1. The zero-order chi connectivity index (χ0) is 15.1. The van der Waals surface area contributed by atoms with E-state index < -0.39 is 5.97 Å². The van der Waals surface area contributed by atoms with Gasteiger partial charge in [0, 0.05) is 23.1 Å². The van der Waals surface area contributed by atoms with Crippen molar-refractivity contribution in [3.63, 3.8) is 0 Å². The van der Waals surface area contributed by atoms with Gasteiger partial charge >= 0.3 is 5.97 Å². The summed E-state index contributed by atoms with van der Waals surface area (Å²) in [6.07, 6.45) is 3.27. The molecule has 0 radical (unpaired) electrons. The zero-order valence-corrected chi connectivity index (χ0v) is 11.5. The molecule has 0 aliphatic carbocycles. The summed E-state index contributed by atoms with van der Waals surface area (Å²) < 4.78 is 0. The molecule has 6 nitrogen and oxygen atoms in total. The highest BCUT2D eigenvalue weighted by molar-refractivity contribution is 6.34. The van der Waals surface area contributed by atoms with E-state index in [2.05, 4.69) is 15.3 Å². The molecule has 0 aromatic carbocycles. The summed E-state index contributed by atoms with van der Waals surface area (Å²) in [7, 11) is 0. The van der Waals surface area contributed by atoms with Crippen LogP contribution < -0.4 is 5.32 Å². The molecule has 2 aromatic heterocycles. The third-order valence-electron chi connectivity index (χ3n) is 3.55. The lowest BCUT2D eigenvalue weighted by Crippen LogP contribution is -2.04. The lowest BCUT2D eigenvalue weighted by atomic mass is 10.1. The van der Waals surface area contributed by atoms with Gasteiger partial charge in [0.1, 0.15) is 5.82 Å². The number of nitrogens with one attached hydrogen (secondary N) is 2. The number of aromatic carboxylic acids is 1. The third-order valence-corrected chi connectivity index (χ3v) is 3.55. The lowest BCUT2D eigenvalue weighted by molar-refractivity contribution is -0.110. The van der Waals surface area contributed by atoms with E-state index >= 15 is 0 Å². The highest BCUT2D eigenvalue weighted by Crippen LogP contribution is 2.32. The molecule has 0 saturated carbocycles. The molecule has 0 saturated heterocycles. The minimum Gasteiger partial charge on any atom is -0.478 e. The molecule has 3 N–H and O–H groups in total. The van der Waals surface area contributed by atoms with Crippen molar-refractivity contribution in [1.29, 1.82) is 0 Å². The Labute approximate surface area is 120 Å². The topological polar surface area (TPSA) is 95.1 Å². The van der Waals surface area contributed by atoms with Crippen LogP contribution in [0.3, 0.4) is 0 Å². The van der Waals surface area contributed by atoms with Crippen molar-refractivity contribution in [3.05, 3.63) is 46.4 Å². The van der Waals surface area contributed by atoms with Crippen molar-refractivity contribution in [3.8, 4) is 0 Å². The van der Waals surface area contributed by atoms with Crippen LogP contribution in [-0.2, 0) is 4.79 Å². The van der Waals surface area contributed by atoms with Crippen LogP contribution in [0.1, 0.15) is 32.9 Å². The van der Waals surface area contributed by atoms with Gasteiger partial charge in [-0.2, -0.15) is 0 Å². The Bertz CT molecular complexity index is 802. The average molecular weight is 283 g/mol. The molecule has 1 aliphatic heterocycles. The lowest BCUT2D eigenvalue weighted by Gasteiger charge is -1.98. The molecule has 0 spiro atoms. The van der Waals surface area contributed by atoms with Gasteiger partial charge in [-0.05, 0) is 37.6 Å². The monoisotopic (exact) mass is 283 g/mol. The number of hydrogen-bond acceptors (Lipinski definition) is 3. The fourth-order valence-electron chi connectivity index (χ4n) is 2.55. The fraction of sp³-hybridized carbons (Fsp3) is 0.133. The van der Waals surface area contributed by atoms with Gasteiger partial charge in [-0.3, -0.25) is 4.79 Å². The molecule has 1 amide bonds. The van der Waals surface area contributed by atoms with Gasteiger partial charge in [0.2, 0.25) is 0 Å². The summed E-state index contributed by atoms with van der Waals surface area (Å²) in [6.45, 7) is 3.42. The minimum absolute atomic E-state index is 0.242. The van der Waals surface area contributed by atoms with Crippen molar-refractivity contribution in [2.24, 2.45) is 0 Å². The predicted molar refractivity (Wildman–Crippen MR) is 78.0 cm³/mol. The first-order chi connectivity index (χ1) is 9.99. The number of amides is 1. The molecule has 106 valence electrons. The average Bonchev–Trinajstić information content (AvgIpc) is 2.88. The second-order valence-electron chi connectivity index (χ2n) is 4.88. The van der Waals surface area contributed by atoms with Crippen molar-refractivity contribution in [2.45, 2.75) is 13.8 Å². The maximum atomic E-state index is 12.0. The molecule has 0 fully saturated rings. The number of carbonyl (C=O) groups is 2. The number of aryl methyl sites for hydroxylation is 1. The highest BCUT2D eigenvalue weighted by atomic mass is 16.4. The largest absolute Gasteiger partial charge is 0.478 e. The number of carboxylic acid groups (broad SMARTS) is 1. The Morgan fingerprint density at radius 3 is 2.81 bits per heavy atom. The quantitative estimate of drug-likeness (QED) is 0.736. The molecular formula is C15H13N3O3. The summed E-state index contributed by atoms with van der Waals surface area (Å²) in [5.41, 5.74) is 3.22. The SMILES string of the molecule is Cc1[nH]c(C=C2C(=O)Nc3ncccc32)c(C)c1C(=O)O. The summed E-state index contributed by atoms with van der Waals surface area (Å²) >= 11 is 0. The van der Waals surface area contributed by atoms with Crippen molar-refractivity contribution >= 4 is 29.3 Å². The summed E-state index contributed by atoms with van der Waals surface area (Å²) in [6, 6.07) is 3.55. The van der Waals surface area contributed by atoms with Crippen LogP contribution in [-0.4, -0.2) is 27.0 Å². The second kappa shape index (κ2) is 4.59. The highest BCUT2D eigenvalue weighted by Gasteiger charge is 2.26. The summed E-state index contributed by atoms with van der Waals surface area (Å²) in [5, 5.41) is 11.9. The number of hydrogen-bond donors (Lipinski definition) is 3. The van der Waals surface area contributed by atoms with Crippen molar-refractivity contribution in [2.75, 3.05) is 5.32 Å². The van der Waals surface area contributed by atoms with Gasteiger partial charge in [-0.1, -0.05) is 0 Å². The van der Waals surface area contributed by atoms with Gasteiger partial charge in [0.25, 0.3) is 5.91 Å². The maximum Gasteiger partial charge on any atom is 0.337 e. The van der Waals surface area contributed by atoms with E-state index in [0.717, 1.165) is 0 Å². The van der Waals surface area contributed by atoms with E-state index in [1.165, 1.54) is 0 Å². The molecule has 1 aliphatic rings. The molecule has 0 unspecified atom stereocenters. The Balaban J connectivity index is 2.14. The van der Waals surface area contributed by atoms with E-state index in [-0.39, 0.29) is 11.5 Å². The van der Waals surface area contributed by atoms with Crippen LogP contribution >= 0.6 is 0 Å². The van der Waals surface area contributed by atoms with Crippen LogP contribution in [0.2, 0.25) is 0 Å². The van der Waals surface area contributed by atoms with E-state index in [9.17, 15) is 14.7 Å². The molecule has 6 heteroatoms. The minimum atomic E-state index is -0.983. The van der Waals surface area contributed by atoms with Crippen molar-refractivity contribution in [1.82, 2.24) is 9.97 Å². The number of aromatic nitrogens is 2. The van der Waals surface area contributed by atoms with Crippen molar-refractivity contribution < 1.29 is 14.7 Å². The molecule has 21 heavy (non-hydrogen) atoms. The van der Waals surface area contributed by atoms with Crippen LogP contribution in [0.4, 0.5) is 5.82 Å². The van der Waals surface area contributed by atoms with Gasteiger partial charge < -0.3 is 15.4 Å². The Hall–Kier alpha value is -2.89. The summed E-state index contributed by atoms with van der Waals surface area (Å²) in [4.78, 5) is 30.4. The van der Waals surface area contributed by atoms with E-state index in [1.807, 2.05) is 0 Å². The summed E-state index contributed by atoms with van der Waals surface area (Å²) in [5.74, 6) is -0.704. The Morgan fingerprint density at radius 1 is 1.38 bits per heavy atom. The van der Waals surface area contributed by atoms with Gasteiger partial charge in [0.15, 0.2) is 0 Å². The molecule has 0 bridgehead atoms. The van der Waals surface area contributed by atoms with Crippen LogP contribution in [0, 0.1) is 13.8 Å². The Kier molecular flexibility index (Phi) is 2.86. The number of pyridine rings is 1.